The molecule has 1 aromatic heterocycles. The number of anilines is 2. The highest BCUT2D eigenvalue weighted by molar-refractivity contribution is 5.98. The maximum absolute atomic E-state index is 11.1. The minimum atomic E-state index is -0.512. The fourth-order valence-corrected chi connectivity index (χ4v) is 1.14. The summed E-state index contributed by atoms with van der Waals surface area (Å²) in [5, 5.41) is 15.9. The van der Waals surface area contributed by atoms with Crippen molar-refractivity contribution in [1.82, 2.24) is 20.6 Å². The zero-order valence-corrected chi connectivity index (χ0v) is 7.64. The quantitative estimate of drug-likeness (QED) is 0.654. The smallest absolute Gasteiger partial charge is 0.267 e. The number of benzene rings is 1. The van der Waals surface area contributed by atoms with Crippen molar-refractivity contribution in [2.75, 3.05) is 5.32 Å². The van der Waals surface area contributed by atoms with E-state index in [0.29, 0.717) is 11.3 Å². The van der Waals surface area contributed by atoms with Gasteiger partial charge in [0, 0.05) is 0 Å². The fraction of sp³-hybridized carbons (Fsp3) is 0. The third kappa shape index (κ3) is 1.90. The molecular formula is C8H8N6O. The largest absolute Gasteiger partial charge is 0.366 e. The predicted molar refractivity (Wildman–Crippen MR) is 52.4 cm³/mol. The van der Waals surface area contributed by atoms with E-state index in [1.807, 2.05) is 0 Å². The van der Waals surface area contributed by atoms with E-state index in [0.717, 1.165) is 0 Å². The van der Waals surface area contributed by atoms with Gasteiger partial charge in [0.15, 0.2) is 0 Å². The van der Waals surface area contributed by atoms with Gasteiger partial charge in [-0.3, -0.25) is 4.79 Å². The Kier molecular flexibility index (Phi) is 2.28. The summed E-state index contributed by atoms with van der Waals surface area (Å²) in [7, 11) is 0. The first-order valence-corrected chi connectivity index (χ1v) is 4.16. The van der Waals surface area contributed by atoms with Gasteiger partial charge in [0.25, 0.3) is 11.9 Å². The first-order valence-electron chi connectivity index (χ1n) is 4.16. The van der Waals surface area contributed by atoms with E-state index in [1.165, 1.54) is 0 Å². The van der Waals surface area contributed by atoms with Crippen LogP contribution in [-0.2, 0) is 0 Å². The molecule has 15 heavy (non-hydrogen) atoms. The van der Waals surface area contributed by atoms with E-state index in [1.54, 1.807) is 24.3 Å². The van der Waals surface area contributed by atoms with Crippen molar-refractivity contribution in [3.8, 4) is 0 Å². The number of rotatable bonds is 3. The number of nitrogens with one attached hydrogen (secondary N) is 2. The highest BCUT2D eigenvalue weighted by atomic mass is 16.1. The van der Waals surface area contributed by atoms with Crippen molar-refractivity contribution in [2.24, 2.45) is 5.73 Å². The molecule has 1 amide bonds. The molecule has 0 fully saturated rings. The molecule has 0 aliphatic carbocycles. The van der Waals surface area contributed by atoms with Crippen LogP contribution >= 0.6 is 0 Å². The fourth-order valence-electron chi connectivity index (χ4n) is 1.14. The molecule has 4 N–H and O–H groups in total. The van der Waals surface area contributed by atoms with Crippen molar-refractivity contribution in [3.63, 3.8) is 0 Å². The summed E-state index contributed by atoms with van der Waals surface area (Å²) >= 11 is 0. The van der Waals surface area contributed by atoms with Gasteiger partial charge in [-0.1, -0.05) is 17.2 Å². The number of carbonyl (C=O) groups is 1. The third-order valence-electron chi connectivity index (χ3n) is 1.78. The standard InChI is InChI=1S/C8H8N6O/c9-7(15)5-3-1-2-4-6(5)10-8-11-13-14-12-8/h1-4H,(H2,9,15)(H2,10,11,12,13,14). The van der Waals surface area contributed by atoms with Gasteiger partial charge < -0.3 is 11.1 Å². The average Bonchev–Trinajstić information content (AvgIpc) is 2.71. The van der Waals surface area contributed by atoms with Gasteiger partial charge in [-0.2, -0.15) is 5.21 Å². The van der Waals surface area contributed by atoms with Crippen molar-refractivity contribution in [2.45, 2.75) is 0 Å². The lowest BCUT2D eigenvalue weighted by molar-refractivity contribution is 0.100. The summed E-state index contributed by atoms with van der Waals surface area (Å²) in [6.07, 6.45) is 0. The number of para-hydroxylation sites is 1. The Morgan fingerprint density at radius 2 is 2.20 bits per heavy atom. The van der Waals surface area contributed by atoms with Crippen LogP contribution in [0.15, 0.2) is 24.3 Å². The number of hydrogen-bond donors (Lipinski definition) is 3. The van der Waals surface area contributed by atoms with Crippen molar-refractivity contribution < 1.29 is 4.79 Å². The summed E-state index contributed by atoms with van der Waals surface area (Å²) in [6, 6.07) is 6.82. The van der Waals surface area contributed by atoms with Gasteiger partial charge >= 0.3 is 0 Å². The van der Waals surface area contributed by atoms with Crippen LogP contribution < -0.4 is 11.1 Å². The number of aromatic amines is 1. The van der Waals surface area contributed by atoms with Crippen molar-refractivity contribution in [3.05, 3.63) is 29.8 Å². The molecule has 1 heterocycles. The van der Waals surface area contributed by atoms with Gasteiger partial charge in [-0.15, -0.1) is 5.10 Å². The first-order chi connectivity index (χ1) is 7.27. The Balaban J connectivity index is 2.32. The van der Waals surface area contributed by atoms with E-state index in [9.17, 15) is 4.79 Å². The van der Waals surface area contributed by atoms with Gasteiger partial charge in [0.2, 0.25) is 0 Å². The minimum Gasteiger partial charge on any atom is -0.366 e. The first kappa shape index (κ1) is 9.13. The highest BCUT2D eigenvalue weighted by Gasteiger charge is 2.08. The van der Waals surface area contributed by atoms with Gasteiger partial charge in [0.05, 0.1) is 11.3 Å². The molecule has 0 bridgehead atoms. The van der Waals surface area contributed by atoms with Crippen molar-refractivity contribution >= 4 is 17.5 Å². The number of H-pyrrole nitrogens is 1. The van der Waals surface area contributed by atoms with Crippen LogP contribution in [0, 0.1) is 0 Å². The second kappa shape index (κ2) is 3.74. The van der Waals surface area contributed by atoms with Crippen LogP contribution in [0.3, 0.4) is 0 Å². The summed E-state index contributed by atoms with van der Waals surface area (Å²) in [5.41, 5.74) is 6.13. The monoisotopic (exact) mass is 204 g/mol. The van der Waals surface area contributed by atoms with E-state index < -0.39 is 5.91 Å². The van der Waals surface area contributed by atoms with Gasteiger partial charge in [-0.05, 0) is 17.3 Å². The molecule has 0 spiro atoms. The van der Waals surface area contributed by atoms with Crippen LogP contribution in [0.5, 0.6) is 0 Å². The van der Waals surface area contributed by atoms with Crippen molar-refractivity contribution in [1.29, 1.82) is 0 Å². The maximum Gasteiger partial charge on any atom is 0.267 e. The second-order valence-corrected chi connectivity index (χ2v) is 2.77. The molecular weight excluding hydrogens is 196 g/mol. The van der Waals surface area contributed by atoms with Crippen LogP contribution in [-0.4, -0.2) is 26.5 Å². The van der Waals surface area contributed by atoms with E-state index in [2.05, 4.69) is 25.9 Å². The molecule has 0 saturated heterocycles. The zero-order chi connectivity index (χ0) is 10.7. The summed E-state index contributed by atoms with van der Waals surface area (Å²) in [5.74, 6) is -0.231. The number of primary amides is 1. The zero-order valence-electron chi connectivity index (χ0n) is 7.64. The van der Waals surface area contributed by atoms with E-state index in [-0.39, 0.29) is 5.95 Å². The van der Waals surface area contributed by atoms with Gasteiger partial charge in [0.1, 0.15) is 0 Å². The highest BCUT2D eigenvalue weighted by Crippen LogP contribution is 2.16. The number of nitrogens with two attached hydrogens (primary N) is 1. The average molecular weight is 204 g/mol. The number of amides is 1. The number of tetrazole rings is 1. The lowest BCUT2D eigenvalue weighted by Crippen LogP contribution is -2.13. The third-order valence-corrected chi connectivity index (χ3v) is 1.78. The Hall–Kier alpha value is -2.44. The number of aromatic nitrogens is 4. The molecule has 1 aromatic carbocycles. The Labute approximate surface area is 84.7 Å². The summed E-state index contributed by atoms with van der Waals surface area (Å²) in [6.45, 7) is 0. The van der Waals surface area contributed by atoms with Crippen LogP contribution in [0.4, 0.5) is 11.6 Å². The lowest BCUT2D eigenvalue weighted by atomic mass is 10.1. The van der Waals surface area contributed by atoms with Crippen LogP contribution in [0.25, 0.3) is 0 Å². The Bertz CT molecular complexity index is 466. The second-order valence-electron chi connectivity index (χ2n) is 2.77. The minimum absolute atomic E-state index is 0.281. The Morgan fingerprint density at radius 1 is 1.40 bits per heavy atom. The number of carbonyl (C=O) groups excluding carboxylic acids is 1. The molecule has 0 aliphatic heterocycles. The summed E-state index contributed by atoms with van der Waals surface area (Å²) in [4.78, 5) is 11.1. The molecule has 0 aliphatic rings. The molecule has 76 valence electrons. The number of hydrogen-bond acceptors (Lipinski definition) is 5. The van der Waals surface area contributed by atoms with Crippen LogP contribution in [0.1, 0.15) is 10.4 Å². The molecule has 7 heteroatoms. The topological polar surface area (TPSA) is 110 Å². The molecule has 0 radical (unpaired) electrons. The molecule has 2 rings (SSSR count). The normalized spacial score (nSPS) is 9.87. The molecule has 0 saturated carbocycles. The van der Waals surface area contributed by atoms with E-state index >= 15 is 0 Å². The molecule has 7 nitrogen and oxygen atoms in total. The Morgan fingerprint density at radius 3 is 2.87 bits per heavy atom. The molecule has 0 atom stereocenters. The summed E-state index contributed by atoms with van der Waals surface area (Å²) < 4.78 is 0. The molecule has 0 unspecified atom stereocenters. The van der Waals surface area contributed by atoms with Crippen LogP contribution in [0.2, 0.25) is 0 Å². The predicted octanol–water partition coefficient (Wildman–Crippen LogP) is 0.0422. The van der Waals surface area contributed by atoms with Gasteiger partial charge in [-0.25, -0.2) is 0 Å². The molecule has 2 aromatic rings. The van der Waals surface area contributed by atoms with E-state index in [4.69, 9.17) is 5.73 Å². The number of nitrogens with zero attached hydrogens (tertiary/aromatic N) is 3. The maximum atomic E-state index is 11.1. The lowest BCUT2D eigenvalue weighted by Gasteiger charge is -2.05. The SMILES string of the molecule is NC(=O)c1ccccc1Nc1nn[nH]n1.